The van der Waals surface area contributed by atoms with Gasteiger partial charge in [0.05, 0.1) is 35.0 Å². The van der Waals surface area contributed by atoms with Gasteiger partial charge in [0, 0.05) is 24.7 Å². The van der Waals surface area contributed by atoms with Crippen LogP contribution in [-0.2, 0) is 9.53 Å². The van der Waals surface area contributed by atoms with Crippen molar-refractivity contribution in [3.63, 3.8) is 0 Å². The largest absolute Gasteiger partial charge is 0.493 e. The van der Waals surface area contributed by atoms with Crippen LogP contribution < -0.4 is 24.8 Å². The van der Waals surface area contributed by atoms with E-state index in [4.69, 9.17) is 14.2 Å². The maximum atomic E-state index is 12.4. The first kappa shape index (κ1) is 22.1. The lowest BCUT2D eigenvalue weighted by molar-refractivity contribution is -0.121. The number of ether oxygens (including phenoxy) is 4. The molecule has 0 saturated carbocycles. The molecule has 2 rings (SSSR count). The SMILES string of the molecule is COC(=O)N1CCC(NC(=O)CNC(=O)c2cc(OC)c(OC)c(OC)c2)CC1. The molecule has 0 bridgehead atoms. The van der Waals surface area contributed by atoms with E-state index in [1.807, 2.05) is 0 Å². The number of benzene rings is 1. The Balaban J connectivity index is 1.88. The Morgan fingerprint density at radius 3 is 2.07 bits per heavy atom. The van der Waals surface area contributed by atoms with Crippen LogP contribution in [0.4, 0.5) is 4.79 Å². The summed E-state index contributed by atoms with van der Waals surface area (Å²) in [5, 5.41) is 5.44. The van der Waals surface area contributed by atoms with E-state index < -0.39 is 5.91 Å². The van der Waals surface area contributed by atoms with Gasteiger partial charge < -0.3 is 34.5 Å². The predicted molar refractivity (Wildman–Crippen MR) is 104 cm³/mol. The zero-order chi connectivity index (χ0) is 21.4. The van der Waals surface area contributed by atoms with Crippen LogP contribution in [0.15, 0.2) is 12.1 Å². The summed E-state index contributed by atoms with van der Waals surface area (Å²) in [7, 11) is 5.73. The Hall–Kier alpha value is -3.17. The fraction of sp³-hybridized carbons (Fsp3) is 0.526. The summed E-state index contributed by atoms with van der Waals surface area (Å²) >= 11 is 0. The molecule has 1 aromatic carbocycles. The monoisotopic (exact) mass is 409 g/mol. The lowest BCUT2D eigenvalue weighted by Gasteiger charge is -2.31. The zero-order valence-electron chi connectivity index (χ0n) is 17.1. The number of piperidine rings is 1. The number of hydrogen-bond donors (Lipinski definition) is 2. The second-order valence-corrected chi connectivity index (χ2v) is 6.40. The van der Waals surface area contributed by atoms with Crippen molar-refractivity contribution in [2.45, 2.75) is 18.9 Å². The van der Waals surface area contributed by atoms with Gasteiger partial charge in [0.2, 0.25) is 11.7 Å². The Kier molecular flexibility index (Phi) is 7.93. The molecule has 0 aliphatic carbocycles. The quantitative estimate of drug-likeness (QED) is 0.684. The summed E-state index contributed by atoms with van der Waals surface area (Å²) < 4.78 is 20.4. The standard InChI is InChI=1S/C19H27N3O7/c1-26-14-9-12(10-15(27-2)17(14)28-3)18(24)20-11-16(23)21-13-5-7-22(8-6-13)19(25)29-4/h9-10,13H,5-8,11H2,1-4H3,(H,20,24)(H,21,23). The van der Waals surface area contributed by atoms with Gasteiger partial charge in [-0.3, -0.25) is 9.59 Å². The van der Waals surface area contributed by atoms with Gasteiger partial charge in [-0.05, 0) is 25.0 Å². The molecule has 2 N–H and O–H groups in total. The van der Waals surface area contributed by atoms with Gasteiger partial charge in [0.15, 0.2) is 11.5 Å². The first-order chi connectivity index (χ1) is 13.9. The number of nitrogens with one attached hydrogen (secondary N) is 2. The number of carbonyl (C=O) groups excluding carboxylic acids is 3. The number of hydrogen-bond acceptors (Lipinski definition) is 7. The average Bonchev–Trinajstić information content (AvgIpc) is 2.76. The predicted octanol–water partition coefficient (Wildman–Crippen LogP) is 0.789. The van der Waals surface area contributed by atoms with Crippen LogP contribution >= 0.6 is 0 Å². The first-order valence-corrected chi connectivity index (χ1v) is 9.13. The van der Waals surface area contributed by atoms with Crippen molar-refractivity contribution < 1.29 is 33.3 Å². The average molecular weight is 409 g/mol. The number of likely N-dealkylation sites (tertiary alicyclic amines) is 1. The molecule has 1 aliphatic rings. The topological polar surface area (TPSA) is 115 Å². The van der Waals surface area contributed by atoms with Gasteiger partial charge in [-0.25, -0.2) is 4.79 Å². The molecule has 0 aromatic heterocycles. The van der Waals surface area contributed by atoms with Crippen LogP contribution in [0.25, 0.3) is 0 Å². The van der Waals surface area contributed by atoms with Crippen molar-refractivity contribution >= 4 is 17.9 Å². The Bertz CT molecular complexity index is 720. The molecule has 3 amide bonds. The molecule has 1 fully saturated rings. The second kappa shape index (κ2) is 10.4. The molecule has 1 saturated heterocycles. The number of carbonyl (C=O) groups is 3. The molecule has 0 unspecified atom stereocenters. The van der Waals surface area contributed by atoms with E-state index in [1.165, 1.54) is 40.6 Å². The fourth-order valence-electron chi connectivity index (χ4n) is 3.09. The summed E-state index contributed by atoms with van der Waals surface area (Å²) in [6.45, 7) is 0.845. The fourth-order valence-corrected chi connectivity index (χ4v) is 3.09. The molecule has 29 heavy (non-hydrogen) atoms. The number of rotatable bonds is 7. The van der Waals surface area contributed by atoms with Gasteiger partial charge in [0.1, 0.15) is 0 Å². The first-order valence-electron chi connectivity index (χ1n) is 9.13. The zero-order valence-corrected chi connectivity index (χ0v) is 17.1. The Labute approximate surface area is 169 Å². The second-order valence-electron chi connectivity index (χ2n) is 6.40. The van der Waals surface area contributed by atoms with Crippen molar-refractivity contribution in [2.75, 3.05) is 48.1 Å². The molecule has 1 aliphatic heterocycles. The van der Waals surface area contributed by atoms with E-state index in [-0.39, 0.29) is 30.2 Å². The Morgan fingerprint density at radius 2 is 1.59 bits per heavy atom. The van der Waals surface area contributed by atoms with E-state index in [0.717, 1.165) is 0 Å². The molecule has 160 valence electrons. The highest BCUT2D eigenvalue weighted by Gasteiger charge is 2.24. The lowest BCUT2D eigenvalue weighted by Crippen LogP contribution is -2.48. The molecule has 10 heteroatoms. The summed E-state index contributed by atoms with van der Waals surface area (Å²) in [5.41, 5.74) is 0.277. The van der Waals surface area contributed by atoms with Crippen LogP contribution in [0.3, 0.4) is 0 Å². The summed E-state index contributed by atoms with van der Waals surface area (Å²) in [6, 6.07) is 2.97. The summed E-state index contributed by atoms with van der Waals surface area (Å²) in [6.07, 6.45) is 0.885. The highest BCUT2D eigenvalue weighted by atomic mass is 16.5. The third-order valence-electron chi connectivity index (χ3n) is 4.63. The van der Waals surface area contributed by atoms with Crippen molar-refractivity contribution in [3.05, 3.63) is 17.7 Å². The van der Waals surface area contributed by atoms with E-state index in [1.54, 1.807) is 4.90 Å². The minimum atomic E-state index is -0.445. The summed E-state index contributed by atoms with van der Waals surface area (Å²) in [4.78, 5) is 37.7. The van der Waals surface area contributed by atoms with Crippen LogP contribution in [0.5, 0.6) is 17.2 Å². The molecule has 0 atom stereocenters. The van der Waals surface area contributed by atoms with Gasteiger partial charge in [-0.15, -0.1) is 0 Å². The van der Waals surface area contributed by atoms with Gasteiger partial charge >= 0.3 is 6.09 Å². The van der Waals surface area contributed by atoms with Crippen LogP contribution in [0, 0.1) is 0 Å². The normalized spacial score (nSPS) is 14.0. The molecule has 1 heterocycles. The van der Waals surface area contributed by atoms with Crippen LogP contribution in [0.1, 0.15) is 23.2 Å². The van der Waals surface area contributed by atoms with E-state index in [9.17, 15) is 14.4 Å². The van der Waals surface area contributed by atoms with Gasteiger partial charge in [-0.1, -0.05) is 0 Å². The van der Waals surface area contributed by atoms with E-state index >= 15 is 0 Å². The maximum absolute atomic E-state index is 12.4. The number of amides is 3. The number of methoxy groups -OCH3 is 4. The van der Waals surface area contributed by atoms with Crippen molar-refractivity contribution in [1.82, 2.24) is 15.5 Å². The highest BCUT2D eigenvalue weighted by Crippen LogP contribution is 2.38. The van der Waals surface area contributed by atoms with Gasteiger partial charge in [-0.2, -0.15) is 0 Å². The molecule has 10 nitrogen and oxygen atoms in total. The lowest BCUT2D eigenvalue weighted by atomic mass is 10.1. The molecular weight excluding hydrogens is 382 g/mol. The van der Waals surface area contributed by atoms with E-state index in [2.05, 4.69) is 15.4 Å². The van der Waals surface area contributed by atoms with Crippen molar-refractivity contribution in [1.29, 1.82) is 0 Å². The Morgan fingerprint density at radius 1 is 1.00 bits per heavy atom. The number of nitrogens with zero attached hydrogens (tertiary/aromatic N) is 1. The molecule has 1 aromatic rings. The minimum Gasteiger partial charge on any atom is -0.493 e. The molecule has 0 radical (unpaired) electrons. The van der Waals surface area contributed by atoms with E-state index in [0.29, 0.717) is 43.2 Å². The van der Waals surface area contributed by atoms with Crippen molar-refractivity contribution in [2.24, 2.45) is 0 Å². The smallest absolute Gasteiger partial charge is 0.409 e. The third-order valence-corrected chi connectivity index (χ3v) is 4.63. The molecular formula is C19H27N3O7. The van der Waals surface area contributed by atoms with Gasteiger partial charge in [0.25, 0.3) is 5.91 Å². The maximum Gasteiger partial charge on any atom is 0.409 e. The highest BCUT2D eigenvalue weighted by molar-refractivity contribution is 5.97. The third kappa shape index (κ3) is 5.66. The summed E-state index contributed by atoms with van der Waals surface area (Å²) in [5.74, 6) is 0.322. The molecule has 0 spiro atoms. The van der Waals surface area contributed by atoms with Crippen molar-refractivity contribution in [3.8, 4) is 17.2 Å². The van der Waals surface area contributed by atoms with Crippen LogP contribution in [0.2, 0.25) is 0 Å². The minimum absolute atomic E-state index is 0.0542. The van der Waals surface area contributed by atoms with Crippen LogP contribution in [-0.4, -0.2) is 76.9 Å².